The summed E-state index contributed by atoms with van der Waals surface area (Å²) in [4.78, 5) is 0. The lowest BCUT2D eigenvalue weighted by atomic mass is 9.68. The highest BCUT2D eigenvalue weighted by molar-refractivity contribution is 4.85. The lowest BCUT2D eigenvalue weighted by Crippen LogP contribution is -2.29. The molecular weight excluding hydrogens is 256 g/mol. The zero-order valence-corrected chi connectivity index (χ0v) is 14.3. The number of rotatable bonds is 6. The lowest BCUT2D eigenvalue weighted by Gasteiger charge is -2.38. The van der Waals surface area contributed by atoms with Gasteiger partial charge in [0.05, 0.1) is 6.10 Å². The Bertz CT molecular complexity index is 293. The molecule has 0 radical (unpaired) electrons. The molecule has 2 aliphatic rings. The molecule has 0 amide bonds. The minimum Gasteiger partial charge on any atom is -0.393 e. The fourth-order valence-electron chi connectivity index (χ4n) is 4.78. The molecule has 2 saturated carbocycles. The molecule has 0 aliphatic heterocycles. The summed E-state index contributed by atoms with van der Waals surface area (Å²) >= 11 is 0. The molecule has 21 heavy (non-hydrogen) atoms. The van der Waals surface area contributed by atoms with Gasteiger partial charge in [0.15, 0.2) is 0 Å². The molecule has 0 heterocycles. The molecule has 0 spiro atoms. The van der Waals surface area contributed by atoms with E-state index in [0.717, 1.165) is 24.2 Å². The van der Waals surface area contributed by atoms with Gasteiger partial charge < -0.3 is 5.11 Å². The van der Waals surface area contributed by atoms with Gasteiger partial charge in [-0.25, -0.2) is 0 Å². The van der Waals surface area contributed by atoms with E-state index in [1.54, 1.807) is 0 Å². The summed E-state index contributed by atoms with van der Waals surface area (Å²) in [6, 6.07) is 0. The summed E-state index contributed by atoms with van der Waals surface area (Å²) in [5.41, 5.74) is 0. The first-order valence-electron chi connectivity index (χ1n) is 9.53. The third-order valence-corrected chi connectivity index (χ3v) is 6.31. The summed E-state index contributed by atoms with van der Waals surface area (Å²) in [6.45, 7) is 4.24. The maximum Gasteiger partial charge on any atom is 0.0565 e. The van der Waals surface area contributed by atoms with Crippen LogP contribution in [0, 0.1) is 23.7 Å². The molecule has 0 bridgehead atoms. The first-order chi connectivity index (χ1) is 10.2. The smallest absolute Gasteiger partial charge is 0.0565 e. The van der Waals surface area contributed by atoms with Crippen LogP contribution in [0.25, 0.3) is 0 Å². The third-order valence-electron chi connectivity index (χ3n) is 6.31. The standard InChI is InChI=1S/C20H36O/c1-3-5-6-7-16-8-10-17(11-9-16)18-12-14-19(15-13-18)20(21)4-2/h3,5,16-21H,4,6-15H2,1-2H3/b5-3+/t16?,17?,18-,19-,20?. The minimum absolute atomic E-state index is 0.0340. The molecule has 122 valence electrons. The van der Waals surface area contributed by atoms with Gasteiger partial charge >= 0.3 is 0 Å². The van der Waals surface area contributed by atoms with E-state index in [1.807, 2.05) is 0 Å². The molecule has 2 aliphatic carbocycles. The van der Waals surface area contributed by atoms with Crippen molar-refractivity contribution in [2.45, 2.75) is 90.6 Å². The van der Waals surface area contributed by atoms with Gasteiger partial charge in [-0.05, 0) is 88.4 Å². The van der Waals surface area contributed by atoms with E-state index in [0.29, 0.717) is 5.92 Å². The Labute approximate surface area is 132 Å². The molecule has 1 heteroatoms. The Morgan fingerprint density at radius 3 is 2.05 bits per heavy atom. The molecule has 1 nitrogen and oxygen atoms in total. The molecule has 2 rings (SSSR count). The summed E-state index contributed by atoms with van der Waals surface area (Å²) in [6.07, 6.45) is 19.3. The predicted molar refractivity (Wildman–Crippen MR) is 91.2 cm³/mol. The Kier molecular flexibility index (Phi) is 7.29. The van der Waals surface area contributed by atoms with Gasteiger partial charge in [0.2, 0.25) is 0 Å². The fourth-order valence-corrected chi connectivity index (χ4v) is 4.78. The summed E-state index contributed by atoms with van der Waals surface area (Å²) in [5.74, 6) is 3.57. The number of hydrogen-bond donors (Lipinski definition) is 1. The van der Waals surface area contributed by atoms with Gasteiger partial charge in [-0.3, -0.25) is 0 Å². The van der Waals surface area contributed by atoms with E-state index < -0.39 is 0 Å². The van der Waals surface area contributed by atoms with Crippen molar-refractivity contribution in [1.82, 2.24) is 0 Å². The van der Waals surface area contributed by atoms with Crippen LogP contribution >= 0.6 is 0 Å². The Morgan fingerprint density at radius 2 is 1.52 bits per heavy atom. The molecule has 2 fully saturated rings. The van der Waals surface area contributed by atoms with Crippen LogP contribution in [-0.4, -0.2) is 11.2 Å². The van der Waals surface area contributed by atoms with E-state index in [4.69, 9.17) is 0 Å². The predicted octanol–water partition coefficient (Wildman–Crippen LogP) is 5.73. The van der Waals surface area contributed by atoms with Crippen molar-refractivity contribution in [2.24, 2.45) is 23.7 Å². The van der Waals surface area contributed by atoms with Crippen LogP contribution in [0.5, 0.6) is 0 Å². The SMILES string of the molecule is C/C=C/CCC1CCC([C@H]2CC[C@H](C(O)CC)CC2)CC1. The number of hydrogen-bond acceptors (Lipinski definition) is 1. The second-order valence-electron chi connectivity index (χ2n) is 7.58. The highest BCUT2D eigenvalue weighted by Crippen LogP contribution is 2.42. The van der Waals surface area contributed by atoms with Crippen LogP contribution in [0.15, 0.2) is 12.2 Å². The molecule has 0 aromatic heterocycles. The van der Waals surface area contributed by atoms with Crippen molar-refractivity contribution in [3.8, 4) is 0 Å². The topological polar surface area (TPSA) is 20.2 Å². The van der Waals surface area contributed by atoms with Crippen LogP contribution < -0.4 is 0 Å². The quantitative estimate of drug-likeness (QED) is 0.620. The van der Waals surface area contributed by atoms with Crippen LogP contribution in [-0.2, 0) is 0 Å². The van der Waals surface area contributed by atoms with Crippen LogP contribution in [0.1, 0.15) is 84.5 Å². The average Bonchev–Trinajstić information content (AvgIpc) is 2.55. The minimum atomic E-state index is -0.0340. The van der Waals surface area contributed by atoms with Crippen LogP contribution in [0.2, 0.25) is 0 Å². The third kappa shape index (κ3) is 5.13. The van der Waals surface area contributed by atoms with Crippen LogP contribution in [0.4, 0.5) is 0 Å². The zero-order chi connectivity index (χ0) is 15.1. The highest BCUT2D eigenvalue weighted by atomic mass is 16.3. The van der Waals surface area contributed by atoms with Gasteiger partial charge in [0.25, 0.3) is 0 Å². The lowest BCUT2D eigenvalue weighted by molar-refractivity contribution is 0.0546. The van der Waals surface area contributed by atoms with E-state index in [9.17, 15) is 5.11 Å². The second kappa shape index (κ2) is 8.98. The normalized spacial score (nSPS) is 36.0. The monoisotopic (exact) mass is 292 g/mol. The van der Waals surface area contributed by atoms with Crippen molar-refractivity contribution < 1.29 is 5.11 Å². The maximum atomic E-state index is 10.0. The first-order valence-corrected chi connectivity index (χ1v) is 9.53. The van der Waals surface area contributed by atoms with E-state index in [-0.39, 0.29) is 6.10 Å². The van der Waals surface area contributed by atoms with E-state index >= 15 is 0 Å². The maximum absolute atomic E-state index is 10.0. The van der Waals surface area contributed by atoms with Crippen molar-refractivity contribution >= 4 is 0 Å². The van der Waals surface area contributed by atoms with Gasteiger partial charge in [0.1, 0.15) is 0 Å². The molecular formula is C20H36O. The van der Waals surface area contributed by atoms with Gasteiger partial charge in [0, 0.05) is 0 Å². The van der Waals surface area contributed by atoms with E-state index in [2.05, 4.69) is 26.0 Å². The highest BCUT2D eigenvalue weighted by Gasteiger charge is 2.32. The molecule has 0 aromatic carbocycles. The Balaban J connectivity index is 1.67. The van der Waals surface area contributed by atoms with Gasteiger partial charge in [-0.1, -0.05) is 31.9 Å². The van der Waals surface area contributed by atoms with Crippen molar-refractivity contribution in [3.05, 3.63) is 12.2 Å². The fraction of sp³-hybridized carbons (Fsp3) is 0.900. The summed E-state index contributed by atoms with van der Waals surface area (Å²) in [5, 5.41) is 10.0. The molecule has 1 atom stereocenters. The Hall–Kier alpha value is -0.300. The van der Waals surface area contributed by atoms with Crippen LogP contribution in [0.3, 0.4) is 0 Å². The first kappa shape index (κ1) is 17.1. The molecule has 1 N–H and O–H groups in total. The van der Waals surface area contributed by atoms with Gasteiger partial charge in [-0.2, -0.15) is 0 Å². The van der Waals surface area contributed by atoms with E-state index in [1.165, 1.54) is 64.2 Å². The van der Waals surface area contributed by atoms with Gasteiger partial charge in [-0.15, -0.1) is 0 Å². The average molecular weight is 293 g/mol. The molecule has 1 unspecified atom stereocenters. The summed E-state index contributed by atoms with van der Waals surface area (Å²) < 4.78 is 0. The number of allylic oxidation sites excluding steroid dienone is 2. The largest absolute Gasteiger partial charge is 0.393 e. The number of aliphatic hydroxyl groups excluding tert-OH is 1. The van der Waals surface area contributed by atoms with Crippen molar-refractivity contribution in [3.63, 3.8) is 0 Å². The second-order valence-corrected chi connectivity index (χ2v) is 7.58. The van der Waals surface area contributed by atoms with Crippen molar-refractivity contribution in [1.29, 1.82) is 0 Å². The number of aliphatic hydroxyl groups is 1. The Morgan fingerprint density at radius 1 is 0.952 bits per heavy atom. The zero-order valence-electron chi connectivity index (χ0n) is 14.3. The summed E-state index contributed by atoms with van der Waals surface area (Å²) in [7, 11) is 0. The molecule has 0 aromatic rings. The molecule has 0 saturated heterocycles. The van der Waals surface area contributed by atoms with Crippen molar-refractivity contribution in [2.75, 3.05) is 0 Å².